The average Bonchev–Trinajstić information content (AvgIpc) is 3.19. The third-order valence-electron chi connectivity index (χ3n) is 5.69. The van der Waals surface area contributed by atoms with Crippen LogP contribution in [0.2, 0.25) is 0 Å². The Morgan fingerprint density at radius 1 is 1.11 bits per heavy atom. The number of primary amides is 1. The topological polar surface area (TPSA) is 146 Å². The van der Waals surface area contributed by atoms with Crippen molar-refractivity contribution in [3.8, 4) is 5.75 Å². The van der Waals surface area contributed by atoms with Crippen LogP contribution < -0.4 is 15.8 Å². The van der Waals surface area contributed by atoms with E-state index in [0.717, 1.165) is 11.3 Å². The normalized spacial score (nSPS) is 16.2. The minimum absolute atomic E-state index is 0.0491. The first-order valence-electron chi connectivity index (χ1n) is 11.7. The minimum atomic E-state index is -4.00. The number of carbonyl (C=O) groups is 2. The number of rotatable bonds is 8. The van der Waals surface area contributed by atoms with E-state index in [4.69, 9.17) is 10.5 Å². The summed E-state index contributed by atoms with van der Waals surface area (Å²) in [6, 6.07) is 14.8. The standard InChI is InChI=1S/C27H27N5O5S/c1-17-7-10-23(11-8-17)38(35,36)31-24-12-9-22(14-19(24)15-26(28)33)37-21-6-4-5-20(16-21)29-27(34)25-13-18(2)30-32(25)3/h4-14,16,19H,15H2,1-3H3,(H2,28,33)(H,29,34)/b31-24-. The molecule has 3 aromatic rings. The predicted octanol–water partition coefficient (Wildman–Crippen LogP) is 3.44. The number of ether oxygens (including phenoxy) is 1. The van der Waals surface area contributed by atoms with Gasteiger partial charge >= 0.3 is 0 Å². The van der Waals surface area contributed by atoms with E-state index < -0.39 is 21.8 Å². The lowest BCUT2D eigenvalue weighted by molar-refractivity contribution is -0.118. The number of nitrogens with one attached hydrogen (secondary N) is 1. The number of nitrogens with zero attached hydrogens (tertiary/aromatic N) is 3. The van der Waals surface area contributed by atoms with Crippen LogP contribution in [0.25, 0.3) is 0 Å². The lowest BCUT2D eigenvalue weighted by Gasteiger charge is -2.18. The smallest absolute Gasteiger partial charge is 0.282 e. The summed E-state index contributed by atoms with van der Waals surface area (Å²) in [4.78, 5) is 24.4. The van der Waals surface area contributed by atoms with Gasteiger partial charge in [0.05, 0.1) is 16.3 Å². The molecule has 1 heterocycles. The highest BCUT2D eigenvalue weighted by Crippen LogP contribution is 2.26. The molecule has 2 aromatic carbocycles. The van der Waals surface area contributed by atoms with E-state index in [0.29, 0.717) is 22.9 Å². The first kappa shape index (κ1) is 26.6. The van der Waals surface area contributed by atoms with Gasteiger partial charge in [-0.05, 0) is 62.4 Å². The molecule has 0 bridgehead atoms. The summed E-state index contributed by atoms with van der Waals surface area (Å²) in [5.74, 6) is -0.849. The fraction of sp³-hybridized carbons (Fsp3) is 0.185. The van der Waals surface area contributed by atoms with Gasteiger partial charge in [-0.15, -0.1) is 0 Å². The molecular weight excluding hydrogens is 506 g/mol. The second kappa shape index (κ2) is 10.9. The number of hydrogen-bond donors (Lipinski definition) is 2. The zero-order chi connectivity index (χ0) is 27.4. The fourth-order valence-corrected chi connectivity index (χ4v) is 4.93. The summed E-state index contributed by atoms with van der Waals surface area (Å²) in [6.45, 7) is 3.66. The van der Waals surface area contributed by atoms with Crippen molar-refractivity contribution < 1.29 is 22.7 Å². The Balaban J connectivity index is 1.53. The van der Waals surface area contributed by atoms with E-state index >= 15 is 0 Å². The summed E-state index contributed by atoms with van der Waals surface area (Å²) < 4.78 is 37.1. The molecule has 1 unspecified atom stereocenters. The molecule has 2 amide bonds. The van der Waals surface area contributed by atoms with Gasteiger partial charge in [0.15, 0.2) is 0 Å². The number of carbonyl (C=O) groups excluding carboxylic acids is 2. The van der Waals surface area contributed by atoms with E-state index in [-0.39, 0.29) is 22.9 Å². The molecule has 4 rings (SSSR count). The Bertz CT molecular complexity index is 1580. The molecule has 0 saturated heterocycles. The highest BCUT2D eigenvalue weighted by Gasteiger charge is 2.23. The van der Waals surface area contributed by atoms with Crippen molar-refractivity contribution in [2.75, 3.05) is 5.32 Å². The maximum absolute atomic E-state index is 12.8. The SMILES string of the molecule is Cc1ccc(S(=O)(=O)/N=C2/C=CC(Oc3cccc(NC(=O)c4cc(C)nn4C)c3)=CC2CC(N)=O)cc1. The van der Waals surface area contributed by atoms with Crippen LogP contribution in [0, 0.1) is 19.8 Å². The number of hydrogen-bond acceptors (Lipinski definition) is 6. The van der Waals surface area contributed by atoms with Gasteiger partial charge in [-0.25, -0.2) is 0 Å². The summed E-state index contributed by atoms with van der Waals surface area (Å²) in [5.41, 5.74) is 8.15. The van der Waals surface area contributed by atoms with Gasteiger partial charge in [-0.3, -0.25) is 14.3 Å². The Labute approximate surface area is 220 Å². The van der Waals surface area contributed by atoms with Crippen LogP contribution >= 0.6 is 0 Å². The van der Waals surface area contributed by atoms with E-state index in [2.05, 4.69) is 14.8 Å². The number of anilines is 1. The predicted molar refractivity (Wildman–Crippen MR) is 143 cm³/mol. The number of allylic oxidation sites excluding steroid dienone is 3. The maximum atomic E-state index is 12.8. The first-order valence-corrected chi connectivity index (χ1v) is 13.1. The Morgan fingerprint density at radius 2 is 1.84 bits per heavy atom. The van der Waals surface area contributed by atoms with Gasteiger partial charge < -0.3 is 15.8 Å². The molecular formula is C27H27N5O5S. The third-order valence-corrected chi connectivity index (χ3v) is 7.01. The van der Waals surface area contributed by atoms with Crippen LogP contribution in [0.1, 0.15) is 28.2 Å². The number of benzene rings is 2. The van der Waals surface area contributed by atoms with Crippen LogP contribution in [0.15, 0.2) is 87.9 Å². The molecule has 10 nitrogen and oxygen atoms in total. The van der Waals surface area contributed by atoms with Crippen LogP contribution in [-0.4, -0.2) is 35.7 Å². The maximum Gasteiger partial charge on any atom is 0.282 e. The molecule has 1 aliphatic carbocycles. The summed E-state index contributed by atoms with van der Waals surface area (Å²) in [5, 5.41) is 6.99. The van der Waals surface area contributed by atoms with Gasteiger partial charge in [-0.2, -0.15) is 17.9 Å². The van der Waals surface area contributed by atoms with Crippen molar-refractivity contribution in [2.24, 2.45) is 23.1 Å². The molecule has 0 aliphatic heterocycles. The molecule has 0 saturated carbocycles. The summed E-state index contributed by atoms with van der Waals surface area (Å²) >= 11 is 0. The molecule has 1 aromatic heterocycles. The van der Waals surface area contributed by atoms with Crippen LogP contribution in [0.5, 0.6) is 5.75 Å². The Kier molecular flexibility index (Phi) is 7.58. The molecule has 3 N–H and O–H groups in total. The zero-order valence-corrected chi connectivity index (χ0v) is 21.9. The van der Waals surface area contributed by atoms with E-state index in [1.807, 2.05) is 6.92 Å². The number of sulfonamides is 1. The van der Waals surface area contributed by atoms with E-state index in [9.17, 15) is 18.0 Å². The van der Waals surface area contributed by atoms with Gasteiger partial charge in [-0.1, -0.05) is 23.8 Å². The molecule has 0 fully saturated rings. The number of amides is 2. The minimum Gasteiger partial charge on any atom is -0.458 e. The van der Waals surface area contributed by atoms with Gasteiger partial charge in [0.1, 0.15) is 17.2 Å². The highest BCUT2D eigenvalue weighted by molar-refractivity contribution is 7.90. The Morgan fingerprint density at radius 3 is 2.50 bits per heavy atom. The zero-order valence-electron chi connectivity index (χ0n) is 21.1. The lowest BCUT2D eigenvalue weighted by Crippen LogP contribution is -2.23. The molecule has 1 atom stereocenters. The number of nitrogens with two attached hydrogens (primary N) is 1. The van der Waals surface area contributed by atoms with Crippen LogP contribution in [-0.2, 0) is 21.9 Å². The second-order valence-electron chi connectivity index (χ2n) is 8.86. The first-order chi connectivity index (χ1) is 18.0. The van der Waals surface area contributed by atoms with E-state index in [1.54, 1.807) is 68.6 Å². The van der Waals surface area contributed by atoms with Gasteiger partial charge in [0, 0.05) is 31.1 Å². The molecule has 0 radical (unpaired) electrons. The molecule has 196 valence electrons. The van der Waals surface area contributed by atoms with Crippen molar-refractivity contribution in [1.82, 2.24) is 9.78 Å². The Hall–Kier alpha value is -4.51. The molecule has 11 heteroatoms. The third kappa shape index (κ3) is 6.43. The molecule has 38 heavy (non-hydrogen) atoms. The number of aryl methyl sites for hydroxylation is 3. The van der Waals surface area contributed by atoms with Crippen LogP contribution in [0.3, 0.4) is 0 Å². The van der Waals surface area contributed by atoms with Gasteiger partial charge in [0.25, 0.3) is 15.9 Å². The quantitative estimate of drug-likeness (QED) is 0.454. The van der Waals surface area contributed by atoms with Crippen molar-refractivity contribution in [2.45, 2.75) is 25.2 Å². The second-order valence-corrected chi connectivity index (χ2v) is 10.5. The van der Waals surface area contributed by atoms with Crippen LogP contribution in [0.4, 0.5) is 5.69 Å². The average molecular weight is 534 g/mol. The largest absolute Gasteiger partial charge is 0.458 e. The van der Waals surface area contributed by atoms with Crippen molar-refractivity contribution in [3.05, 3.63) is 95.5 Å². The van der Waals surface area contributed by atoms with Gasteiger partial charge in [0.2, 0.25) is 5.91 Å². The molecule has 1 aliphatic rings. The van der Waals surface area contributed by atoms with Crippen molar-refractivity contribution >= 4 is 33.2 Å². The van der Waals surface area contributed by atoms with E-state index in [1.165, 1.54) is 22.9 Å². The highest BCUT2D eigenvalue weighted by atomic mass is 32.2. The lowest BCUT2D eigenvalue weighted by atomic mass is 9.94. The monoisotopic (exact) mass is 533 g/mol. The summed E-state index contributed by atoms with van der Waals surface area (Å²) in [7, 11) is -2.31. The summed E-state index contributed by atoms with van der Waals surface area (Å²) in [6.07, 6.45) is 4.49. The van der Waals surface area contributed by atoms with Crippen molar-refractivity contribution in [3.63, 3.8) is 0 Å². The molecule has 0 spiro atoms. The number of aromatic nitrogens is 2. The van der Waals surface area contributed by atoms with Crippen molar-refractivity contribution in [1.29, 1.82) is 0 Å². The fourth-order valence-electron chi connectivity index (χ4n) is 3.87.